The van der Waals surface area contributed by atoms with Crippen LogP contribution in [0.15, 0.2) is 0 Å². The van der Waals surface area contributed by atoms with E-state index in [1.54, 1.807) is 0 Å². The minimum atomic E-state index is -2.95. The van der Waals surface area contributed by atoms with Crippen LogP contribution >= 0.6 is 12.6 Å². The Morgan fingerprint density at radius 1 is 1.80 bits per heavy atom. The fourth-order valence-corrected chi connectivity index (χ4v) is 0.747. The van der Waals surface area contributed by atoms with Gasteiger partial charge in [0.15, 0.2) is 0 Å². The third-order valence-corrected chi connectivity index (χ3v) is 1.24. The molecule has 0 aromatic carbocycles. The molecule has 0 fully saturated rings. The van der Waals surface area contributed by atoms with Crippen LogP contribution in [-0.2, 0) is 4.79 Å². The van der Waals surface area contributed by atoms with Crippen molar-refractivity contribution in [3.8, 4) is 0 Å². The van der Waals surface area contributed by atoms with Crippen LogP contribution in [0.3, 0.4) is 0 Å². The minimum absolute atomic E-state index is 0.666. The van der Waals surface area contributed by atoms with Gasteiger partial charge in [-0.1, -0.05) is 0 Å². The predicted molar refractivity (Wildman–Crippen MR) is 35.6 cm³/mol. The van der Waals surface area contributed by atoms with Gasteiger partial charge in [0.25, 0.3) is 0 Å². The molecule has 0 heterocycles. The molecule has 0 aromatic rings. The van der Waals surface area contributed by atoms with Crippen molar-refractivity contribution in [1.29, 1.82) is 0 Å². The minimum Gasteiger partial charge on any atom is -0.480 e. The van der Waals surface area contributed by atoms with Gasteiger partial charge in [0.1, 0.15) is 5.25 Å². The summed E-state index contributed by atoms with van der Waals surface area (Å²) in [7, 11) is 0. The molecule has 0 bridgehead atoms. The number of hydrogen-bond acceptors (Lipinski definition) is 2. The van der Waals surface area contributed by atoms with E-state index in [0.29, 0.717) is 6.92 Å². The Kier molecular flexibility index (Phi) is 3.08. The Morgan fingerprint density at radius 2 is 2.20 bits per heavy atom. The Bertz CT molecular complexity index is 132. The van der Waals surface area contributed by atoms with E-state index in [1.165, 1.54) is 0 Å². The number of halogens is 2. The second kappa shape index (κ2) is 3.18. The monoisotopic (exact) mass is 170 g/mol. The van der Waals surface area contributed by atoms with Crippen LogP contribution in [0.25, 0.3) is 0 Å². The molecule has 10 heavy (non-hydrogen) atoms. The molecule has 2 nitrogen and oxygen atoms in total. The molecule has 1 N–H and O–H groups in total. The fourth-order valence-electron chi connectivity index (χ4n) is 0.427. The highest BCUT2D eigenvalue weighted by molar-refractivity contribution is 7.81. The summed E-state index contributed by atoms with van der Waals surface area (Å²) in [6.07, 6.45) is -0.731. The second-order valence-corrected chi connectivity index (χ2v) is 2.75. The number of carboxylic acid groups (broad SMARTS) is 1. The first-order valence-corrected chi connectivity index (χ1v) is 3.13. The van der Waals surface area contributed by atoms with E-state index in [9.17, 15) is 13.6 Å². The standard InChI is InChI=1S/C5H8F2O2S/c1-5(6,7)2-3(10)4(8)9/h3,10H,2H2,1H3,(H,8,9)/t3-/m0/s1. The lowest BCUT2D eigenvalue weighted by Gasteiger charge is -2.11. The van der Waals surface area contributed by atoms with Crippen LogP contribution < -0.4 is 0 Å². The summed E-state index contributed by atoms with van der Waals surface area (Å²) in [5, 5.41) is 6.86. The van der Waals surface area contributed by atoms with Crippen molar-refractivity contribution in [1.82, 2.24) is 0 Å². The predicted octanol–water partition coefficient (Wildman–Crippen LogP) is 1.41. The van der Waals surface area contributed by atoms with Crippen molar-refractivity contribution in [2.45, 2.75) is 24.5 Å². The molecule has 0 aliphatic rings. The molecule has 0 unspecified atom stereocenters. The van der Waals surface area contributed by atoms with Gasteiger partial charge in [-0.3, -0.25) is 4.79 Å². The van der Waals surface area contributed by atoms with Crippen molar-refractivity contribution >= 4 is 18.6 Å². The van der Waals surface area contributed by atoms with E-state index in [-0.39, 0.29) is 0 Å². The lowest BCUT2D eigenvalue weighted by molar-refractivity contribution is -0.138. The van der Waals surface area contributed by atoms with Crippen LogP contribution in [0, 0.1) is 0 Å². The number of aliphatic carboxylic acids is 1. The average molecular weight is 170 g/mol. The zero-order valence-electron chi connectivity index (χ0n) is 5.34. The lowest BCUT2D eigenvalue weighted by Crippen LogP contribution is -2.23. The summed E-state index contributed by atoms with van der Waals surface area (Å²) in [6.45, 7) is 0.666. The average Bonchev–Trinajstić information content (AvgIpc) is 1.60. The van der Waals surface area contributed by atoms with Crippen LogP contribution in [0.2, 0.25) is 0 Å². The van der Waals surface area contributed by atoms with Crippen LogP contribution in [0.4, 0.5) is 8.78 Å². The number of alkyl halides is 2. The summed E-state index contributed by atoms with van der Waals surface area (Å²) in [5.74, 6) is -4.27. The maximum absolute atomic E-state index is 12.0. The van der Waals surface area contributed by atoms with Crippen molar-refractivity contribution in [3.63, 3.8) is 0 Å². The number of carbonyl (C=O) groups is 1. The van der Waals surface area contributed by atoms with E-state index in [1.807, 2.05) is 0 Å². The summed E-state index contributed by atoms with van der Waals surface area (Å²) in [4.78, 5) is 9.97. The van der Waals surface area contributed by atoms with Gasteiger partial charge < -0.3 is 5.11 Å². The molecule has 0 saturated carbocycles. The molecular weight excluding hydrogens is 162 g/mol. The highest BCUT2D eigenvalue weighted by Gasteiger charge is 2.28. The third-order valence-electron chi connectivity index (χ3n) is 0.837. The summed E-state index contributed by atoms with van der Waals surface area (Å²) in [5.41, 5.74) is 0. The molecule has 0 aliphatic heterocycles. The van der Waals surface area contributed by atoms with Crippen molar-refractivity contribution in [2.24, 2.45) is 0 Å². The molecule has 0 saturated heterocycles. The molecule has 60 valence electrons. The van der Waals surface area contributed by atoms with E-state index in [4.69, 9.17) is 5.11 Å². The first-order valence-electron chi connectivity index (χ1n) is 2.61. The zero-order chi connectivity index (χ0) is 8.36. The Balaban J connectivity index is 3.80. The van der Waals surface area contributed by atoms with Gasteiger partial charge in [0.05, 0.1) is 0 Å². The SMILES string of the molecule is CC(F)(F)C[C@H](S)C(=O)O. The first-order chi connectivity index (χ1) is 4.33. The maximum Gasteiger partial charge on any atom is 0.316 e. The van der Waals surface area contributed by atoms with Crippen molar-refractivity contribution in [2.75, 3.05) is 0 Å². The van der Waals surface area contributed by atoms with Gasteiger partial charge in [-0.2, -0.15) is 12.6 Å². The van der Waals surface area contributed by atoms with Gasteiger partial charge in [0.2, 0.25) is 5.92 Å². The topological polar surface area (TPSA) is 37.3 Å². The van der Waals surface area contributed by atoms with Gasteiger partial charge in [0, 0.05) is 6.42 Å². The van der Waals surface area contributed by atoms with E-state index < -0.39 is 23.6 Å². The van der Waals surface area contributed by atoms with Gasteiger partial charge in [-0.15, -0.1) is 0 Å². The quantitative estimate of drug-likeness (QED) is 0.628. The number of hydrogen-bond donors (Lipinski definition) is 2. The smallest absolute Gasteiger partial charge is 0.316 e. The third kappa shape index (κ3) is 4.55. The Labute approximate surface area is 62.6 Å². The molecule has 1 atom stereocenters. The van der Waals surface area contributed by atoms with Crippen molar-refractivity contribution < 1.29 is 18.7 Å². The van der Waals surface area contributed by atoms with Crippen LogP contribution in [-0.4, -0.2) is 22.2 Å². The summed E-state index contributed by atoms with van der Waals surface area (Å²) >= 11 is 3.44. The van der Waals surface area contributed by atoms with E-state index >= 15 is 0 Å². The Morgan fingerprint density at radius 3 is 2.30 bits per heavy atom. The molecule has 0 spiro atoms. The van der Waals surface area contributed by atoms with Gasteiger partial charge in [-0.05, 0) is 6.92 Å². The van der Waals surface area contributed by atoms with Gasteiger partial charge in [-0.25, -0.2) is 8.78 Å². The maximum atomic E-state index is 12.0. The first kappa shape index (κ1) is 9.68. The highest BCUT2D eigenvalue weighted by Crippen LogP contribution is 2.21. The molecular formula is C5H8F2O2S. The molecule has 0 radical (unpaired) electrons. The molecule has 0 aromatic heterocycles. The van der Waals surface area contributed by atoms with Crippen LogP contribution in [0.1, 0.15) is 13.3 Å². The number of rotatable bonds is 3. The zero-order valence-corrected chi connectivity index (χ0v) is 6.24. The van der Waals surface area contributed by atoms with E-state index in [0.717, 1.165) is 0 Å². The lowest BCUT2D eigenvalue weighted by atomic mass is 10.2. The summed E-state index contributed by atoms with van der Waals surface area (Å²) in [6, 6.07) is 0. The molecule has 0 aliphatic carbocycles. The normalized spacial score (nSPS) is 14.8. The largest absolute Gasteiger partial charge is 0.480 e. The number of carboxylic acids is 1. The van der Waals surface area contributed by atoms with E-state index in [2.05, 4.69) is 12.6 Å². The molecule has 0 amide bonds. The molecule has 5 heteroatoms. The Hall–Kier alpha value is -0.320. The second-order valence-electron chi connectivity index (χ2n) is 2.13. The van der Waals surface area contributed by atoms with Crippen LogP contribution in [0.5, 0.6) is 0 Å². The van der Waals surface area contributed by atoms with Crippen molar-refractivity contribution in [3.05, 3.63) is 0 Å². The molecule has 0 rings (SSSR count). The van der Waals surface area contributed by atoms with Gasteiger partial charge >= 0.3 is 5.97 Å². The summed E-state index contributed by atoms with van der Waals surface area (Å²) < 4.78 is 24.0. The number of thiol groups is 1. The fraction of sp³-hybridized carbons (Fsp3) is 0.800. The highest BCUT2D eigenvalue weighted by atomic mass is 32.1.